The molecule has 0 saturated heterocycles. The van der Waals surface area contributed by atoms with E-state index < -0.39 is 11.2 Å². The molecule has 0 aliphatic rings. The van der Waals surface area contributed by atoms with Crippen molar-refractivity contribution in [3.63, 3.8) is 0 Å². The van der Waals surface area contributed by atoms with Crippen LogP contribution in [0.2, 0.25) is 0 Å². The van der Waals surface area contributed by atoms with Gasteiger partial charge in [-0.3, -0.25) is 4.79 Å². The molecule has 1 heterocycles. The summed E-state index contributed by atoms with van der Waals surface area (Å²) in [5, 5.41) is 15.5. The SMILES string of the molecule is C[C@H](Sc1nncn1N)C(=O)O. The Labute approximate surface area is 72.7 Å². The van der Waals surface area contributed by atoms with E-state index in [4.69, 9.17) is 10.9 Å². The zero-order valence-electron chi connectivity index (χ0n) is 6.34. The van der Waals surface area contributed by atoms with Gasteiger partial charge in [-0.15, -0.1) is 10.2 Å². The fourth-order valence-corrected chi connectivity index (χ4v) is 1.21. The van der Waals surface area contributed by atoms with Gasteiger partial charge < -0.3 is 10.9 Å². The topological polar surface area (TPSA) is 94.0 Å². The summed E-state index contributed by atoms with van der Waals surface area (Å²) >= 11 is 1.05. The van der Waals surface area contributed by atoms with E-state index >= 15 is 0 Å². The van der Waals surface area contributed by atoms with Crippen molar-refractivity contribution in [2.75, 3.05) is 5.84 Å². The molecule has 0 amide bonds. The van der Waals surface area contributed by atoms with E-state index in [1.807, 2.05) is 0 Å². The summed E-state index contributed by atoms with van der Waals surface area (Å²) in [6.45, 7) is 1.56. The fraction of sp³-hybridized carbons (Fsp3) is 0.400. The molecule has 0 fully saturated rings. The maximum Gasteiger partial charge on any atom is 0.316 e. The summed E-state index contributed by atoms with van der Waals surface area (Å²) in [6, 6.07) is 0. The zero-order chi connectivity index (χ0) is 9.14. The van der Waals surface area contributed by atoms with Crippen LogP contribution in [0.3, 0.4) is 0 Å². The summed E-state index contributed by atoms with van der Waals surface area (Å²) in [6.07, 6.45) is 1.32. The van der Waals surface area contributed by atoms with Gasteiger partial charge in [0.05, 0.1) is 0 Å². The van der Waals surface area contributed by atoms with Crippen LogP contribution in [0, 0.1) is 0 Å². The lowest BCUT2D eigenvalue weighted by molar-refractivity contribution is -0.136. The van der Waals surface area contributed by atoms with Crippen molar-refractivity contribution >= 4 is 17.7 Å². The second-order valence-corrected chi connectivity index (χ2v) is 3.43. The normalized spacial score (nSPS) is 12.8. The molecule has 0 radical (unpaired) electrons. The van der Waals surface area contributed by atoms with Gasteiger partial charge in [0.25, 0.3) is 0 Å². The summed E-state index contributed by atoms with van der Waals surface area (Å²) in [5.41, 5.74) is 0. The van der Waals surface area contributed by atoms with Crippen molar-refractivity contribution in [1.29, 1.82) is 0 Å². The number of aliphatic carboxylic acids is 1. The number of rotatable bonds is 3. The zero-order valence-corrected chi connectivity index (χ0v) is 7.15. The Morgan fingerprint density at radius 2 is 2.58 bits per heavy atom. The van der Waals surface area contributed by atoms with Crippen LogP contribution in [0.1, 0.15) is 6.92 Å². The third-order valence-electron chi connectivity index (χ3n) is 1.17. The van der Waals surface area contributed by atoms with Crippen LogP contribution in [0.15, 0.2) is 11.5 Å². The van der Waals surface area contributed by atoms with Crippen molar-refractivity contribution in [1.82, 2.24) is 14.9 Å². The lowest BCUT2D eigenvalue weighted by Crippen LogP contribution is -2.15. The van der Waals surface area contributed by atoms with E-state index in [0.717, 1.165) is 11.8 Å². The summed E-state index contributed by atoms with van der Waals surface area (Å²) in [5.74, 6) is 4.47. The standard InChI is InChI=1S/C5H8N4O2S/c1-3(4(10)11)12-5-8-7-2-9(5)6/h2-3H,6H2,1H3,(H,10,11)/t3-/m0/s1. The highest BCUT2D eigenvalue weighted by atomic mass is 32.2. The van der Waals surface area contributed by atoms with Crippen molar-refractivity contribution in [3.8, 4) is 0 Å². The van der Waals surface area contributed by atoms with Crippen molar-refractivity contribution in [2.24, 2.45) is 0 Å². The van der Waals surface area contributed by atoms with Gasteiger partial charge in [0, 0.05) is 0 Å². The molecule has 0 aliphatic carbocycles. The van der Waals surface area contributed by atoms with Crippen LogP contribution >= 0.6 is 11.8 Å². The Bertz CT molecular complexity index is 287. The molecule has 1 aromatic rings. The molecule has 7 heteroatoms. The minimum Gasteiger partial charge on any atom is -0.480 e. The molecule has 12 heavy (non-hydrogen) atoms. The average Bonchev–Trinajstić information content (AvgIpc) is 2.36. The number of nitrogens with zero attached hydrogens (tertiary/aromatic N) is 3. The number of thioether (sulfide) groups is 1. The highest BCUT2D eigenvalue weighted by molar-refractivity contribution is 8.00. The molecule has 0 unspecified atom stereocenters. The predicted octanol–water partition coefficient (Wildman–Crippen LogP) is -0.443. The molecule has 1 rings (SSSR count). The molecular formula is C5H8N4O2S. The van der Waals surface area contributed by atoms with Gasteiger partial charge in [-0.05, 0) is 6.92 Å². The first-order valence-electron chi connectivity index (χ1n) is 3.16. The van der Waals surface area contributed by atoms with Crippen LogP contribution in [0.4, 0.5) is 0 Å². The molecule has 0 saturated carbocycles. The number of carboxylic acid groups (broad SMARTS) is 1. The number of carbonyl (C=O) groups is 1. The maximum absolute atomic E-state index is 10.4. The van der Waals surface area contributed by atoms with Gasteiger partial charge in [-0.1, -0.05) is 11.8 Å². The van der Waals surface area contributed by atoms with Gasteiger partial charge in [0.1, 0.15) is 11.6 Å². The Morgan fingerprint density at radius 1 is 1.92 bits per heavy atom. The van der Waals surface area contributed by atoms with E-state index in [1.54, 1.807) is 6.92 Å². The Kier molecular flexibility index (Phi) is 2.54. The molecule has 3 N–H and O–H groups in total. The number of aromatic nitrogens is 3. The van der Waals surface area contributed by atoms with Crippen LogP contribution in [0.25, 0.3) is 0 Å². The molecule has 1 atom stereocenters. The smallest absolute Gasteiger partial charge is 0.316 e. The summed E-state index contributed by atoms with van der Waals surface area (Å²) in [7, 11) is 0. The first-order valence-corrected chi connectivity index (χ1v) is 4.04. The van der Waals surface area contributed by atoms with Gasteiger partial charge in [0.2, 0.25) is 5.16 Å². The number of hydrogen-bond acceptors (Lipinski definition) is 5. The Morgan fingerprint density at radius 3 is 3.00 bits per heavy atom. The third-order valence-corrected chi connectivity index (χ3v) is 2.23. The summed E-state index contributed by atoms with van der Waals surface area (Å²) in [4.78, 5) is 10.4. The molecule has 1 aromatic heterocycles. The first kappa shape index (κ1) is 8.85. The van der Waals surface area contributed by atoms with E-state index in [1.165, 1.54) is 11.0 Å². The second kappa shape index (κ2) is 3.44. The summed E-state index contributed by atoms with van der Waals surface area (Å²) < 4.78 is 1.18. The van der Waals surface area contributed by atoms with Gasteiger partial charge >= 0.3 is 5.97 Å². The largest absolute Gasteiger partial charge is 0.480 e. The van der Waals surface area contributed by atoms with Gasteiger partial charge in [0.15, 0.2) is 0 Å². The van der Waals surface area contributed by atoms with Crippen molar-refractivity contribution < 1.29 is 9.90 Å². The Hall–Kier alpha value is -1.24. The third kappa shape index (κ3) is 1.88. The highest BCUT2D eigenvalue weighted by Crippen LogP contribution is 2.18. The molecule has 66 valence electrons. The van der Waals surface area contributed by atoms with E-state index in [9.17, 15) is 4.79 Å². The van der Waals surface area contributed by atoms with E-state index in [-0.39, 0.29) is 0 Å². The first-order chi connectivity index (χ1) is 5.61. The van der Waals surface area contributed by atoms with Crippen LogP contribution in [-0.4, -0.2) is 31.2 Å². The number of hydrogen-bond donors (Lipinski definition) is 2. The number of nitrogen functional groups attached to an aromatic ring is 1. The molecule has 0 bridgehead atoms. The molecule has 6 nitrogen and oxygen atoms in total. The highest BCUT2D eigenvalue weighted by Gasteiger charge is 2.15. The van der Waals surface area contributed by atoms with Crippen LogP contribution < -0.4 is 5.84 Å². The average molecular weight is 188 g/mol. The lowest BCUT2D eigenvalue weighted by Gasteiger charge is -2.03. The Balaban J connectivity index is 2.64. The fourth-order valence-electron chi connectivity index (χ4n) is 0.525. The minimum atomic E-state index is -0.900. The number of carboxylic acids is 1. The predicted molar refractivity (Wildman–Crippen MR) is 43.1 cm³/mol. The molecular weight excluding hydrogens is 180 g/mol. The van der Waals surface area contributed by atoms with E-state index in [0.29, 0.717) is 5.16 Å². The minimum absolute atomic E-state index is 0.393. The lowest BCUT2D eigenvalue weighted by atomic mass is 10.5. The second-order valence-electron chi connectivity index (χ2n) is 2.12. The van der Waals surface area contributed by atoms with E-state index in [2.05, 4.69) is 10.2 Å². The quantitative estimate of drug-likeness (QED) is 0.493. The van der Waals surface area contributed by atoms with Crippen molar-refractivity contribution in [2.45, 2.75) is 17.3 Å². The van der Waals surface area contributed by atoms with Gasteiger partial charge in [-0.2, -0.15) is 0 Å². The molecule has 0 aromatic carbocycles. The van der Waals surface area contributed by atoms with Crippen LogP contribution in [-0.2, 0) is 4.79 Å². The molecule has 0 aliphatic heterocycles. The van der Waals surface area contributed by atoms with Crippen molar-refractivity contribution in [3.05, 3.63) is 6.33 Å². The molecule has 0 spiro atoms. The maximum atomic E-state index is 10.4. The monoisotopic (exact) mass is 188 g/mol. The van der Waals surface area contributed by atoms with Crippen LogP contribution in [0.5, 0.6) is 0 Å². The van der Waals surface area contributed by atoms with Gasteiger partial charge in [-0.25, -0.2) is 4.68 Å². The number of nitrogens with two attached hydrogens (primary N) is 1.